The summed E-state index contributed by atoms with van der Waals surface area (Å²) in [6, 6.07) is 0. The summed E-state index contributed by atoms with van der Waals surface area (Å²) in [7, 11) is 3.21. The van der Waals surface area contributed by atoms with Gasteiger partial charge in [-0.15, -0.1) is 0 Å². The first-order valence-corrected chi connectivity index (χ1v) is 10.2. The minimum absolute atomic E-state index is 0.440. The number of aliphatic imine (C=N–C) groups is 1. The van der Waals surface area contributed by atoms with Gasteiger partial charge in [0.2, 0.25) is 5.90 Å². The van der Waals surface area contributed by atoms with Gasteiger partial charge in [-0.3, -0.25) is 14.6 Å². The Morgan fingerprint density at radius 2 is 1.72 bits per heavy atom. The number of ether oxygens (including phenoxy) is 1. The van der Waals surface area contributed by atoms with E-state index in [2.05, 4.69) is 24.2 Å². The molecule has 0 spiro atoms. The Kier molecular flexibility index (Phi) is 10.7. The molecule has 1 saturated carbocycles. The summed E-state index contributed by atoms with van der Waals surface area (Å²) in [5.41, 5.74) is 2.08. The van der Waals surface area contributed by atoms with Crippen molar-refractivity contribution in [2.75, 3.05) is 14.2 Å². The molecule has 158 valence electrons. The van der Waals surface area contributed by atoms with E-state index in [1.54, 1.807) is 20.2 Å². The standard InChI is InChI=1S/C24H34N2O3/c1-7-18(4)21(26(22(27)8-2)23(28)9-3)17-20(24(25-5)29-6)16-15-19-13-11-10-12-14-19/h8-9,15-17,19H,2-3,7,10-14H2,1,4-6H3/b16-15+,20-17-,21-18-,25-24?. The molecule has 0 saturated heterocycles. The number of amides is 2. The molecule has 1 aliphatic carbocycles. The molecular weight excluding hydrogens is 364 g/mol. The molecule has 0 aromatic rings. The monoisotopic (exact) mass is 398 g/mol. The quantitative estimate of drug-likeness (QED) is 0.246. The van der Waals surface area contributed by atoms with Crippen molar-refractivity contribution in [3.05, 3.63) is 60.4 Å². The Bertz CT molecular complexity index is 715. The Hall–Kier alpha value is -2.69. The van der Waals surface area contributed by atoms with E-state index in [4.69, 9.17) is 4.74 Å². The molecular formula is C24H34N2O3. The molecule has 1 rings (SSSR count). The van der Waals surface area contributed by atoms with Gasteiger partial charge in [0.25, 0.3) is 11.8 Å². The van der Waals surface area contributed by atoms with Gasteiger partial charge in [0.1, 0.15) is 0 Å². The van der Waals surface area contributed by atoms with Crippen LogP contribution >= 0.6 is 0 Å². The highest BCUT2D eigenvalue weighted by Gasteiger charge is 2.23. The number of carbonyl (C=O) groups is 2. The predicted octanol–water partition coefficient (Wildman–Crippen LogP) is 5.14. The van der Waals surface area contributed by atoms with Gasteiger partial charge in [-0.25, -0.2) is 4.90 Å². The van der Waals surface area contributed by atoms with Crippen LogP contribution in [0.4, 0.5) is 0 Å². The maximum Gasteiger partial charge on any atom is 0.257 e. The molecule has 0 aliphatic heterocycles. The first kappa shape index (κ1) is 24.3. The van der Waals surface area contributed by atoms with Crippen molar-refractivity contribution in [1.29, 1.82) is 0 Å². The SMILES string of the molecule is C=CC(=O)N(C(=O)C=C)C(/C=C(/C=C/C1CCCCC1)C(=NC)OC)=C(/C)CC. The number of methoxy groups -OCH3 is 1. The van der Waals surface area contributed by atoms with Crippen molar-refractivity contribution in [2.45, 2.75) is 52.4 Å². The molecule has 0 N–H and O–H groups in total. The zero-order chi connectivity index (χ0) is 21.8. The smallest absolute Gasteiger partial charge is 0.257 e. The molecule has 0 radical (unpaired) electrons. The average Bonchev–Trinajstić information content (AvgIpc) is 2.76. The van der Waals surface area contributed by atoms with Gasteiger partial charge in [0.05, 0.1) is 12.8 Å². The third-order valence-corrected chi connectivity index (χ3v) is 5.13. The van der Waals surface area contributed by atoms with Crippen molar-refractivity contribution in [3.8, 4) is 0 Å². The van der Waals surface area contributed by atoms with Gasteiger partial charge < -0.3 is 4.74 Å². The molecule has 5 nitrogen and oxygen atoms in total. The lowest BCUT2D eigenvalue weighted by atomic mass is 9.88. The predicted molar refractivity (Wildman–Crippen MR) is 119 cm³/mol. The zero-order valence-corrected chi connectivity index (χ0v) is 18.2. The summed E-state index contributed by atoms with van der Waals surface area (Å²) < 4.78 is 5.45. The number of hydrogen-bond donors (Lipinski definition) is 0. The highest BCUT2D eigenvalue weighted by atomic mass is 16.5. The van der Waals surface area contributed by atoms with Crippen molar-refractivity contribution >= 4 is 17.7 Å². The summed E-state index contributed by atoms with van der Waals surface area (Å²) in [4.78, 5) is 30.2. The number of hydrogen-bond acceptors (Lipinski definition) is 4. The third-order valence-electron chi connectivity index (χ3n) is 5.13. The highest BCUT2D eigenvalue weighted by molar-refractivity contribution is 6.07. The lowest BCUT2D eigenvalue weighted by molar-refractivity contribution is -0.136. The van der Waals surface area contributed by atoms with Crippen LogP contribution in [-0.4, -0.2) is 36.8 Å². The van der Waals surface area contributed by atoms with Crippen LogP contribution in [0.1, 0.15) is 52.4 Å². The second-order valence-corrected chi connectivity index (χ2v) is 7.03. The van der Waals surface area contributed by atoms with Crippen LogP contribution in [0.2, 0.25) is 0 Å². The normalized spacial score (nSPS) is 17.0. The largest absolute Gasteiger partial charge is 0.481 e. The molecule has 0 unspecified atom stereocenters. The highest BCUT2D eigenvalue weighted by Crippen LogP contribution is 2.26. The Morgan fingerprint density at radius 1 is 1.14 bits per heavy atom. The fourth-order valence-electron chi connectivity index (χ4n) is 3.32. The van der Waals surface area contributed by atoms with Crippen LogP contribution in [-0.2, 0) is 14.3 Å². The van der Waals surface area contributed by atoms with Crippen LogP contribution < -0.4 is 0 Å². The van der Waals surface area contributed by atoms with Gasteiger partial charge in [-0.1, -0.05) is 51.5 Å². The number of imide groups is 1. The van der Waals surface area contributed by atoms with Crippen molar-refractivity contribution in [2.24, 2.45) is 10.9 Å². The second-order valence-electron chi connectivity index (χ2n) is 7.03. The van der Waals surface area contributed by atoms with Crippen molar-refractivity contribution in [3.63, 3.8) is 0 Å². The third kappa shape index (κ3) is 7.00. The molecule has 2 amide bonds. The van der Waals surface area contributed by atoms with Crippen LogP contribution in [0.25, 0.3) is 0 Å². The van der Waals surface area contributed by atoms with E-state index >= 15 is 0 Å². The maximum absolute atomic E-state index is 12.5. The fourth-order valence-corrected chi connectivity index (χ4v) is 3.32. The topological polar surface area (TPSA) is 59.0 Å². The fraction of sp³-hybridized carbons (Fsp3) is 0.458. The summed E-state index contributed by atoms with van der Waals surface area (Å²) in [5, 5.41) is 0. The van der Waals surface area contributed by atoms with Crippen molar-refractivity contribution < 1.29 is 14.3 Å². The van der Waals surface area contributed by atoms with Gasteiger partial charge in [-0.05, 0) is 55.9 Å². The number of rotatable bonds is 8. The van der Waals surface area contributed by atoms with E-state index in [0.717, 1.165) is 22.6 Å². The van der Waals surface area contributed by atoms with Crippen molar-refractivity contribution in [1.82, 2.24) is 4.90 Å². The molecule has 0 aromatic heterocycles. The minimum atomic E-state index is -0.503. The van der Waals surface area contributed by atoms with E-state index in [1.807, 2.05) is 19.9 Å². The van der Waals surface area contributed by atoms with E-state index in [-0.39, 0.29) is 0 Å². The second kappa shape index (κ2) is 12.7. The van der Waals surface area contributed by atoms with Gasteiger partial charge in [0.15, 0.2) is 0 Å². The number of nitrogens with zero attached hydrogens (tertiary/aromatic N) is 2. The first-order valence-electron chi connectivity index (χ1n) is 10.2. The van der Waals surface area contributed by atoms with E-state index in [0.29, 0.717) is 29.5 Å². The Morgan fingerprint density at radius 3 is 2.17 bits per heavy atom. The molecule has 0 heterocycles. The van der Waals surface area contributed by atoms with Crippen LogP contribution in [0.15, 0.2) is 65.4 Å². The molecule has 1 fully saturated rings. The van der Waals surface area contributed by atoms with Gasteiger partial charge in [0, 0.05) is 12.6 Å². The van der Waals surface area contributed by atoms with Crippen LogP contribution in [0.3, 0.4) is 0 Å². The van der Waals surface area contributed by atoms with Gasteiger partial charge >= 0.3 is 0 Å². The van der Waals surface area contributed by atoms with E-state index in [9.17, 15) is 9.59 Å². The molecule has 0 aromatic carbocycles. The number of carbonyl (C=O) groups excluding carboxylic acids is 2. The summed E-state index contributed by atoms with van der Waals surface area (Å²) in [5.74, 6) is -0.0491. The summed E-state index contributed by atoms with van der Waals surface area (Å²) in [6.07, 6.45) is 15.0. The molecule has 1 aliphatic rings. The minimum Gasteiger partial charge on any atom is -0.481 e. The Labute approximate surface area is 175 Å². The lowest BCUT2D eigenvalue weighted by Crippen LogP contribution is -2.34. The van der Waals surface area contributed by atoms with Crippen LogP contribution in [0.5, 0.6) is 0 Å². The average molecular weight is 399 g/mol. The zero-order valence-electron chi connectivity index (χ0n) is 18.2. The molecule has 5 heteroatoms. The van der Waals surface area contributed by atoms with Gasteiger partial charge in [-0.2, -0.15) is 0 Å². The first-order chi connectivity index (χ1) is 13.9. The number of allylic oxidation sites excluding steroid dienone is 3. The maximum atomic E-state index is 12.5. The molecule has 0 bridgehead atoms. The molecule has 29 heavy (non-hydrogen) atoms. The lowest BCUT2D eigenvalue weighted by Gasteiger charge is -2.22. The molecule has 0 atom stereocenters. The summed E-state index contributed by atoms with van der Waals surface area (Å²) >= 11 is 0. The van der Waals surface area contributed by atoms with Crippen LogP contribution in [0, 0.1) is 5.92 Å². The Balaban J connectivity index is 3.52. The van der Waals surface area contributed by atoms with E-state index < -0.39 is 11.8 Å². The summed E-state index contributed by atoms with van der Waals surface area (Å²) in [6.45, 7) is 10.9. The van der Waals surface area contributed by atoms with E-state index in [1.165, 1.54) is 32.1 Å².